The zero-order chi connectivity index (χ0) is 9.56. The number of hydrogen-bond donors (Lipinski definition) is 1. The highest BCUT2D eigenvalue weighted by atomic mass is 35.5. The van der Waals surface area contributed by atoms with E-state index in [1.165, 1.54) is 6.07 Å². The minimum atomic E-state index is -0.508. The Bertz CT molecular complexity index is 232. The molecule has 0 fully saturated rings. The van der Waals surface area contributed by atoms with Gasteiger partial charge in [0.2, 0.25) is 5.24 Å². The first kappa shape index (κ1) is 11.3. The number of hydrogen-bond acceptors (Lipinski definition) is 4. The van der Waals surface area contributed by atoms with Crippen LogP contribution in [0.3, 0.4) is 0 Å². The average molecular weight is 212 g/mol. The van der Waals surface area contributed by atoms with Crippen molar-refractivity contribution in [2.24, 2.45) is 0 Å². The molecule has 1 N–H and O–H groups in total. The van der Waals surface area contributed by atoms with Crippen LogP contribution in [0.1, 0.15) is 5.76 Å². The molecule has 4 nitrogen and oxygen atoms in total. The van der Waals surface area contributed by atoms with Gasteiger partial charge in [-0.1, -0.05) is 0 Å². The maximum absolute atomic E-state index is 9.45. The molecule has 68 valence electrons. The number of rotatable bonds is 1. The third-order valence-corrected chi connectivity index (χ3v) is 1.23. The molecule has 1 rings (SSSR count). The summed E-state index contributed by atoms with van der Waals surface area (Å²) in [5, 5.41) is 11.1. The average Bonchev–Trinajstić information content (AvgIpc) is 2.36. The molecular weight excluding hydrogens is 205 g/mol. The van der Waals surface area contributed by atoms with Gasteiger partial charge in [-0.05, 0) is 23.7 Å². The summed E-state index contributed by atoms with van der Waals surface area (Å²) in [5.41, 5.74) is 0. The van der Waals surface area contributed by atoms with Crippen LogP contribution in [0.2, 0.25) is 0 Å². The molecule has 0 aliphatic heterocycles. The second-order valence-corrected chi connectivity index (χ2v) is 2.47. The lowest BCUT2D eigenvalue weighted by molar-refractivity contribution is -0.109. The van der Waals surface area contributed by atoms with Crippen LogP contribution in [-0.4, -0.2) is 21.4 Å². The van der Waals surface area contributed by atoms with Crippen LogP contribution in [0.4, 0.5) is 0 Å². The summed E-state index contributed by atoms with van der Waals surface area (Å²) in [7, 11) is 0. The molecule has 1 heterocycles. The normalized spacial score (nSPS) is 8.58. The van der Waals surface area contributed by atoms with Gasteiger partial charge in [-0.25, -0.2) is 0 Å². The van der Waals surface area contributed by atoms with Crippen molar-refractivity contribution in [3.05, 3.63) is 11.8 Å². The van der Waals surface area contributed by atoms with Gasteiger partial charge in [0.1, 0.15) is 5.76 Å². The van der Waals surface area contributed by atoms with Crippen molar-refractivity contribution in [3.8, 4) is 5.88 Å². The summed E-state index contributed by atoms with van der Waals surface area (Å²) in [6, 6.07) is 1.44. The fourth-order valence-corrected chi connectivity index (χ4v) is 0.353. The maximum atomic E-state index is 9.45. The van der Waals surface area contributed by atoms with Gasteiger partial charge >= 0.3 is 0 Å². The quantitative estimate of drug-likeness (QED) is 0.568. The Morgan fingerprint density at radius 1 is 1.83 bits per heavy atom. The maximum Gasteiger partial charge on any atom is 0.251 e. The fraction of sp³-hybridized carbons (Fsp3) is 0.333. The zero-order valence-corrected chi connectivity index (χ0v) is 7.76. The van der Waals surface area contributed by atoms with Gasteiger partial charge in [0.15, 0.2) is 0 Å². The Morgan fingerprint density at radius 3 is 2.42 bits per heavy atom. The molecule has 0 aromatic carbocycles. The number of nitrogens with zero attached hydrogens (tertiary/aromatic N) is 1. The molecule has 0 aliphatic rings. The van der Waals surface area contributed by atoms with Crippen LogP contribution in [0.25, 0.3) is 0 Å². The summed E-state index contributed by atoms with van der Waals surface area (Å²) in [6.45, 7) is 1.72. The molecule has 0 radical (unpaired) electrons. The van der Waals surface area contributed by atoms with Gasteiger partial charge in [0.25, 0.3) is 5.88 Å². The Labute approximate surface area is 79.1 Å². The van der Waals surface area contributed by atoms with Crippen molar-refractivity contribution in [1.82, 2.24) is 5.16 Å². The third-order valence-electron chi connectivity index (χ3n) is 0.721. The molecule has 1 aromatic rings. The first-order chi connectivity index (χ1) is 5.56. The Morgan fingerprint density at radius 2 is 2.33 bits per heavy atom. The number of aromatic hydroxyl groups is 1. The topological polar surface area (TPSA) is 63.3 Å². The van der Waals surface area contributed by atoms with Gasteiger partial charge in [0, 0.05) is 6.07 Å². The van der Waals surface area contributed by atoms with E-state index in [-0.39, 0.29) is 11.8 Å². The van der Waals surface area contributed by atoms with Gasteiger partial charge in [-0.15, -0.1) is 11.6 Å². The second-order valence-electron chi connectivity index (χ2n) is 1.78. The predicted octanol–water partition coefficient (Wildman–Crippen LogP) is 1.68. The Balaban J connectivity index is 0.000000217. The number of carbonyl (C=O) groups excluding carboxylic acids is 1. The highest BCUT2D eigenvalue weighted by molar-refractivity contribution is 6.67. The van der Waals surface area contributed by atoms with Crippen LogP contribution >= 0.6 is 23.2 Å². The number of aromatic nitrogens is 1. The van der Waals surface area contributed by atoms with E-state index >= 15 is 0 Å². The monoisotopic (exact) mass is 211 g/mol. The number of aryl methyl sites for hydroxylation is 1. The van der Waals surface area contributed by atoms with E-state index < -0.39 is 5.24 Å². The summed E-state index contributed by atoms with van der Waals surface area (Å²) in [4.78, 5) is 9.45. The minimum Gasteiger partial charge on any atom is -0.491 e. The van der Waals surface area contributed by atoms with Crippen molar-refractivity contribution < 1.29 is 14.4 Å². The summed E-state index contributed by atoms with van der Waals surface area (Å²) in [5.74, 6) is 0.469. The van der Waals surface area contributed by atoms with Crippen molar-refractivity contribution in [2.75, 3.05) is 5.88 Å². The molecule has 0 spiro atoms. The van der Waals surface area contributed by atoms with Gasteiger partial charge in [0.05, 0.1) is 5.88 Å². The highest BCUT2D eigenvalue weighted by Crippen LogP contribution is 2.05. The van der Waals surface area contributed by atoms with Gasteiger partial charge in [-0.2, -0.15) is 0 Å². The van der Waals surface area contributed by atoms with Crippen molar-refractivity contribution in [3.63, 3.8) is 0 Å². The molecule has 0 atom stereocenters. The van der Waals surface area contributed by atoms with Crippen LogP contribution < -0.4 is 0 Å². The van der Waals surface area contributed by atoms with E-state index in [4.69, 9.17) is 28.3 Å². The molecule has 0 unspecified atom stereocenters. The van der Waals surface area contributed by atoms with Gasteiger partial charge in [-0.3, -0.25) is 4.79 Å². The van der Waals surface area contributed by atoms with Crippen LogP contribution in [0.5, 0.6) is 5.88 Å². The number of carbonyl (C=O) groups is 1. The number of alkyl halides is 1. The van der Waals surface area contributed by atoms with E-state index in [1.807, 2.05) is 0 Å². The molecule has 0 aliphatic carbocycles. The van der Waals surface area contributed by atoms with Crippen LogP contribution in [0.15, 0.2) is 10.6 Å². The molecule has 1 aromatic heterocycles. The second kappa shape index (κ2) is 5.85. The van der Waals surface area contributed by atoms with Crippen molar-refractivity contribution in [1.29, 1.82) is 0 Å². The predicted molar refractivity (Wildman–Crippen MR) is 44.5 cm³/mol. The molecule has 0 saturated carbocycles. The number of halogens is 2. The van der Waals surface area contributed by atoms with Crippen LogP contribution in [0, 0.1) is 6.92 Å². The van der Waals surface area contributed by atoms with E-state index in [0.29, 0.717) is 5.76 Å². The molecule has 12 heavy (non-hydrogen) atoms. The molecule has 0 saturated heterocycles. The van der Waals surface area contributed by atoms with Crippen LogP contribution in [-0.2, 0) is 4.79 Å². The zero-order valence-electron chi connectivity index (χ0n) is 6.25. The fourth-order valence-electron chi connectivity index (χ4n) is 0.353. The summed E-state index contributed by atoms with van der Waals surface area (Å²) >= 11 is 9.55. The minimum absolute atomic E-state index is 0.0579. The SMILES string of the molecule is Cc1cc(O)no1.O=C(Cl)CCl. The lowest BCUT2D eigenvalue weighted by atomic mass is 10.5. The molecule has 6 heteroatoms. The van der Waals surface area contributed by atoms with Gasteiger partial charge < -0.3 is 9.63 Å². The van der Waals surface area contributed by atoms with E-state index in [1.54, 1.807) is 6.92 Å². The highest BCUT2D eigenvalue weighted by Gasteiger charge is 1.91. The standard InChI is InChI=1S/C4H5NO2.C2H2Cl2O/c1-3-2-4(6)5-7-3;3-1-2(4)5/h2H,1H3,(H,5,6);1H2. The van der Waals surface area contributed by atoms with Crippen molar-refractivity contribution in [2.45, 2.75) is 6.92 Å². The largest absolute Gasteiger partial charge is 0.491 e. The molecule has 0 amide bonds. The molecule has 0 bridgehead atoms. The first-order valence-corrected chi connectivity index (χ1v) is 3.84. The lowest BCUT2D eigenvalue weighted by Gasteiger charge is -1.65. The van der Waals surface area contributed by atoms with E-state index in [0.717, 1.165) is 0 Å². The summed E-state index contributed by atoms with van der Waals surface area (Å²) in [6.07, 6.45) is 0. The Hall–Kier alpha value is -0.740. The Kier molecular flexibility index (Phi) is 5.49. The third kappa shape index (κ3) is 6.00. The van der Waals surface area contributed by atoms with E-state index in [9.17, 15) is 4.79 Å². The summed E-state index contributed by atoms with van der Waals surface area (Å²) < 4.78 is 4.46. The smallest absolute Gasteiger partial charge is 0.251 e. The van der Waals surface area contributed by atoms with E-state index in [2.05, 4.69) is 9.68 Å². The molecular formula is C6H7Cl2NO3. The first-order valence-electron chi connectivity index (χ1n) is 2.93. The van der Waals surface area contributed by atoms with Crippen molar-refractivity contribution >= 4 is 28.4 Å². The lowest BCUT2D eigenvalue weighted by Crippen LogP contribution is -1.81.